The molecule has 2 fully saturated rings. The number of pyridine rings is 1. The molecule has 36 heavy (non-hydrogen) atoms. The van der Waals surface area contributed by atoms with E-state index in [1.807, 2.05) is 0 Å². The Hall–Kier alpha value is -2.85. The van der Waals surface area contributed by atoms with Gasteiger partial charge in [-0.2, -0.15) is 0 Å². The van der Waals surface area contributed by atoms with Crippen molar-refractivity contribution in [2.24, 2.45) is 0 Å². The number of ketones is 2. The Bertz CT molecular complexity index is 1050. The summed E-state index contributed by atoms with van der Waals surface area (Å²) in [7, 11) is 0. The maximum atomic E-state index is 13.6. The average Bonchev–Trinajstić information content (AvgIpc) is 2.88. The first-order valence-electron chi connectivity index (χ1n) is 13.2. The first kappa shape index (κ1) is 24.8. The van der Waals surface area contributed by atoms with Gasteiger partial charge in [-0.05, 0) is 56.7 Å². The molecule has 2 aromatic rings. The molecule has 0 radical (unpaired) electrons. The molecular formula is C27H35N5O4. The van der Waals surface area contributed by atoms with Gasteiger partial charge in [0, 0.05) is 29.3 Å². The number of fused-ring (bicyclic) bond motifs is 2. The number of hydroxylamine groups is 6. The van der Waals surface area contributed by atoms with Crippen molar-refractivity contribution < 1.29 is 18.9 Å². The van der Waals surface area contributed by atoms with Crippen molar-refractivity contribution in [2.45, 2.75) is 38.5 Å². The molecule has 0 unspecified atom stereocenters. The molecule has 9 nitrogen and oxygen atoms in total. The molecule has 192 valence electrons. The minimum Gasteiger partial charge on any atom is -0.633 e. The topological polar surface area (TPSA) is 117 Å². The lowest BCUT2D eigenvalue weighted by Crippen LogP contribution is -2.48. The molecule has 1 aromatic carbocycles. The van der Waals surface area contributed by atoms with Crippen LogP contribution in [0, 0.1) is 10.4 Å². The maximum absolute atomic E-state index is 13.6. The summed E-state index contributed by atoms with van der Waals surface area (Å²) >= 11 is 0. The van der Waals surface area contributed by atoms with Gasteiger partial charge >= 0.3 is 0 Å². The van der Waals surface area contributed by atoms with Gasteiger partial charge in [0.2, 0.25) is 0 Å². The summed E-state index contributed by atoms with van der Waals surface area (Å²) in [6.45, 7) is 4.17. The van der Waals surface area contributed by atoms with E-state index in [1.165, 1.54) is 12.4 Å². The molecule has 0 saturated carbocycles. The van der Waals surface area contributed by atoms with E-state index in [4.69, 9.17) is 0 Å². The maximum Gasteiger partial charge on any atom is 0.198 e. The quantitative estimate of drug-likeness (QED) is 0.363. The molecule has 5 rings (SSSR count). The lowest BCUT2D eigenvalue weighted by Gasteiger charge is -2.45. The van der Waals surface area contributed by atoms with Gasteiger partial charge in [0.1, 0.15) is 0 Å². The van der Waals surface area contributed by atoms with Crippen LogP contribution in [0.15, 0.2) is 30.6 Å². The molecule has 2 saturated heterocycles. The van der Waals surface area contributed by atoms with Crippen molar-refractivity contribution in [2.75, 3.05) is 63.0 Å². The van der Waals surface area contributed by atoms with Crippen LogP contribution in [0.4, 0.5) is 11.4 Å². The van der Waals surface area contributed by atoms with Gasteiger partial charge in [-0.25, -0.2) is 0 Å². The van der Waals surface area contributed by atoms with Crippen LogP contribution in [-0.2, 0) is 0 Å². The van der Waals surface area contributed by atoms with Gasteiger partial charge < -0.3 is 30.3 Å². The highest BCUT2D eigenvalue weighted by atomic mass is 16.5. The van der Waals surface area contributed by atoms with E-state index in [-0.39, 0.29) is 26.4 Å². The number of benzene rings is 1. The van der Waals surface area contributed by atoms with Crippen molar-refractivity contribution in [1.82, 2.24) is 4.98 Å². The minimum absolute atomic E-state index is 0.217. The van der Waals surface area contributed by atoms with Crippen molar-refractivity contribution >= 4 is 22.9 Å². The Balaban J connectivity index is 1.39. The van der Waals surface area contributed by atoms with Crippen LogP contribution >= 0.6 is 0 Å². The van der Waals surface area contributed by atoms with Crippen molar-refractivity contribution in [3.8, 4) is 0 Å². The first-order valence-corrected chi connectivity index (χ1v) is 13.2. The fourth-order valence-corrected chi connectivity index (χ4v) is 5.82. The van der Waals surface area contributed by atoms with Crippen LogP contribution < -0.4 is 10.6 Å². The SMILES string of the molecule is O=C1c2ccncc2C(=O)c2c(NCC[N+]3([O-])CCCCC3)ccc(NCC[N+]3([O-])CCCCC3)c21. The van der Waals surface area contributed by atoms with Crippen LogP contribution in [0.2, 0.25) is 0 Å². The minimum atomic E-state index is -0.258. The van der Waals surface area contributed by atoms with Crippen LogP contribution in [0.25, 0.3) is 0 Å². The summed E-state index contributed by atoms with van der Waals surface area (Å²) in [5, 5.41) is 32.4. The van der Waals surface area contributed by atoms with E-state index in [9.17, 15) is 20.0 Å². The highest BCUT2D eigenvalue weighted by molar-refractivity contribution is 6.31. The number of nitrogens with one attached hydrogen (secondary N) is 2. The number of hydrogen-bond acceptors (Lipinski definition) is 7. The number of carbonyl (C=O) groups excluding carboxylic acids is 2. The molecule has 0 atom stereocenters. The largest absolute Gasteiger partial charge is 0.633 e. The summed E-state index contributed by atoms with van der Waals surface area (Å²) in [5.41, 5.74) is 2.37. The molecule has 1 aromatic heterocycles. The molecule has 2 aliphatic heterocycles. The van der Waals surface area contributed by atoms with Crippen LogP contribution in [-0.4, -0.2) is 78.2 Å². The normalized spacial score (nSPS) is 20.4. The van der Waals surface area contributed by atoms with Gasteiger partial charge in [-0.3, -0.25) is 14.6 Å². The lowest BCUT2D eigenvalue weighted by atomic mass is 9.83. The van der Waals surface area contributed by atoms with Gasteiger partial charge in [-0.1, -0.05) is 0 Å². The molecule has 9 heteroatoms. The first-order chi connectivity index (χ1) is 17.4. The number of nitrogens with zero attached hydrogens (tertiary/aromatic N) is 3. The van der Waals surface area contributed by atoms with Gasteiger partial charge in [0.15, 0.2) is 11.6 Å². The monoisotopic (exact) mass is 493 g/mol. The molecule has 0 spiro atoms. The zero-order valence-corrected chi connectivity index (χ0v) is 20.8. The number of likely N-dealkylation sites (tertiary alicyclic amines) is 2. The summed E-state index contributed by atoms with van der Waals surface area (Å²) in [4.78, 5) is 31.2. The zero-order valence-electron chi connectivity index (χ0n) is 20.8. The molecule has 3 heterocycles. The fourth-order valence-electron chi connectivity index (χ4n) is 5.82. The third-order valence-corrected chi connectivity index (χ3v) is 7.90. The standard InChI is InChI=1S/C27H35N5O4/c33-26-20-9-10-28-19-21(20)27(34)25-23(30-12-18-32(36)15-5-2-6-16-32)8-7-22(24(25)26)29-11-17-31(35)13-3-1-4-14-31/h7-10,19,29-30H,1-6,11-18H2. The number of quaternary nitrogens is 2. The van der Waals surface area contributed by atoms with Gasteiger partial charge in [0.25, 0.3) is 0 Å². The predicted molar refractivity (Wildman–Crippen MR) is 139 cm³/mol. The summed E-state index contributed by atoms with van der Waals surface area (Å²) < 4.78 is -0.435. The Morgan fingerprint density at radius 2 is 1.17 bits per heavy atom. The Morgan fingerprint density at radius 1 is 0.694 bits per heavy atom. The van der Waals surface area contributed by atoms with E-state index < -0.39 is 0 Å². The Labute approximate surface area is 211 Å². The van der Waals surface area contributed by atoms with Crippen LogP contribution in [0.1, 0.15) is 70.4 Å². The van der Waals surface area contributed by atoms with E-state index >= 15 is 0 Å². The third-order valence-electron chi connectivity index (χ3n) is 7.90. The van der Waals surface area contributed by atoms with E-state index in [0.717, 1.165) is 38.5 Å². The van der Waals surface area contributed by atoms with E-state index in [0.29, 0.717) is 80.4 Å². The molecule has 2 N–H and O–H groups in total. The molecular weight excluding hydrogens is 458 g/mol. The molecule has 0 amide bonds. The van der Waals surface area contributed by atoms with Gasteiger partial charge in [-0.15, -0.1) is 0 Å². The summed E-state index contributed by atoms with van der Waals surface area (Å²) in [5.74, 6) is -0.494. The zero-order chi connectivity index (χ0) is 25.2. The number of aromatic nitrogens is 1. The number of hydrogen-bond donors (Lipinski definition) is 2. The second kappa shape index (κ2) is 10.3. The predicted octanol–water partition coefficient (Wildman–Crippen LogP) is 3.68. The van der Waals surface area contributed by atoms with Gasteiger partial charge in [0.05, 0.1) is 69.0 Å². The second-order valence-electron chi connectivity index (χ2n) is 10.4. The molecule has 0 bridgehead atoms. The smallest absolute Gasteiger partial charge is 0.198 e. The summed E-state index contributed by atoms with van der Waals surface area (Å²) in [6, 6.07) is 5.17. The van der Waals surface area contributed by atoms with Crippen molar-refractivity contribution in [3.63, 3.8) is 0 Å². The fraction of sp³-hybridized carbons (Fsp3) is 0.519. The summed E-state index contributed by atoms with van der Waals surface area (Å²) in [6.07, 6.45) is 8.94. The number of anilines is 2. The third kappa shape index (κ3) is 5.01. The van der Waals surface area contributed by atoms with E-state index in [2.05, 4.69) is 15.6 Å². The average molecular weight is 494 g/mol. The van der Waals surface area contributed by atoms with Crippen LogP contribution in [0.5, 0.6) is 0 Å². The number of piperidine rings is 2. The van der Waals surface area contributed by atoms with Crippen LogP contribution in [0.3, 0.4) is 0 Å². The second-order valence-corrected chi connectivity index (χ2v) is 10.4. The number of carbonyl (C=O) groups is 2. The Kier molecular flexibility index (Phi) is 7.07. The highest BCUT2D eigenvalue weighted by Gasteiger charge is 2.34. The molecule has 1 aliphatic carbocycles. The van der Waals surface area contributed by atoms with Crippen molar-refractivity contribution in [3.05, 3.63) is 63.3 Å². The van der Waals surface area contributed by atoms with E-state index in [1.54, 1.807) is 18.2 Å². The highest BCUT2D eigenvalue weighted by Crippen LogP contribution is 2.36. The lowest BCUT2D eigenvalue weighted by molar-refractivity contribution is -0.883. The van der Waals surface area contributed by atoms with Crippen molar-refractivity contribution in [1.29, 1.82) is 0 Å². The number of rotatable bonds is 8. The Morgan fingerprint density at radius 3 is 1.67 bits per heavy atom. The molecule has 3 aliphatic rings.